The first-order chi connectivity index (χ1) is 8.13. The number of methoxy groups -OCH3 is 1. The Bertz CT molecular complexity index is 236. The predicted octanol–water partition coefficient (Wildman–Crippen LogP) is 0.740. The van der Waals surface area contributed by atoms with Crippen LogP contribution in [-0.4, -0.2) is 62.0 Å². The molecule has 0 radical (unpaired) electrons. The van der Waals surface area contributed by atoms with Crippen molar-refractivity contribution >= 4 is 11.9 Å². The van der Waals surface area contributed by atoms with E-state index in [1.165, 1.54) is 7.11 Å². The summed E-state index contributed by atoms with van der Waals surface area (Å²) < 4.78 is 4.49. The lowest BCUT2D eigenvalue weighted by Gasteiger charge is -2.32. The summed E-state index contributed by atoms with van der Waals surface area (Å²) in [6.07, 6.45) is 0.443. The molecule has 0 aliphatic carbocycles. The average Bonchev–Trinajstić information content (AvgIpc) is 2.38. The summed E-state index contributed by atoms with van der Waals surface area (Å²) in [5, 5.41) is 0. The molecule has 1 rings (SSSR count). The molecule has 0 aromatic carbocycles. The summed E-state index contributed by atoms with van der Waals surface area (Å²) in [6.45, 7) is 7.33. The zero-order valence-electron chi connectivity index (χ0n) is 11.4. The van der Waals surface area contributed by atoms with E-state index in [0.29, 0.717) is 0 Å². The highest BCUT2D eigenvalue weighted by molar-refractivity contribution is 5.81. The first kappa shape index (κ1) is 15.9. The second kappa shape index (κ2) is 8.98. The van der Waals surface area contributed by atoms with Gasteiger partial charge in [0.25, 0.3) is 0 Å². The van der Waals surface area contributed by atoms with E-state index in [9.17, 15) is 9.59 Å². The molecule has 0 unspecified atom stereocenters. The van der Waals surface area contributed by atoms with Crippen LogP contribution in [0.3, 0.4) is 0 Å². The Morgan fingerprint density at radius 1 is 1.06 bits per heavy atom. The maximum Gasteiger partial charge on any atom is 0.306 e. The topological polar surface area (TPSA) is 49.9 Å². The van der Waals surface area contributed by atoms with Crippen LogP contribution in [0.15, 0.2) is 0 Å². The van der Waals surface area contributed by atoms with Gasteiger partial charge >= 0.3 is 5.97 Å². The SMILES string of the molecule is CC.COC(=O)CCC(=O)N1CCN(C)CC1. The molecule has 1 saturated heterocycles. The number of nitrogens with zero attached hydrogens (tertiary/aromatic N) is 2. The number of hydrogen-bond donors (Lipinski definition) is 0. The monoisotopic (exact) mass is 244 g/mol. The van der Waals surface area contributed by atoms with E-state index < -0.39 is 0 Å². The highest BCUT2D eigenvalue weighted by Crippen LogP contribution is 2.03. The highest BCUT2D eigenvalue weighted by Gasteiger charge is 2.19. The second-order valence-electron chi connectivity index (χ2n) is 3.76. The fourth-order valence-electron chi connectivity index (χ4n) is 1.53. The Morgan fingerprint density at radius 3 is 2.06 bits per heavy atom. The van der Waals surface area contributed by atoms with Crippen LogP contribution in [0.1, 0.15) is 26.7 Å². The van der Waals surface area contributed by atoms with Crippen LogP contribution in [0.25, 0.3) is 0 Å². The van der Waals surface area contributed by atoms with Gasteiger partial charge in [0.05, 0.1) is 13.5 Å². The second-order valence-corrected chi connectivity index (χ2v) is 3.76. The van der Waals surface area contributed by atoms with E-state index in [1.807, 2.05) is 25.8 Å². The van der Waals surface area contributed by atoms with Gasteiger partial charge < -0.3 is 14.5 Å². The van der Waals surface area contributed by atoms with Gasteiger partial charge in [-0.25, -0.2) is 0 Å². The standard InChI is InChI=1S/C10H18N2O3.C2H6/c1-11-5-7-12(8-6-11)9(13)3-4-10(14)15-2;1-2/h3-8H2,1-2H3;1-2H3. The number of carbonyl (C=O) groups is 2. The van der Waals surface area contributed by atoms with Gasteiger partial charge in [0.15, 0.2) is 0 Å². The molecule has 1 heterocycles. The van der Waals surface area contributed by atoms with Crippen LogP contribution in [0.5, 0.6) is 0 Å². The van der Waals surface area contributed by atoms with Crippen molar-refractivity contribution in [2.24, 2.45) is 0 Å². The summed E-state index contributed by atoms with van der Waals surface area (Å²) in [6, 6.07) is 0. The van der Waals surface area contributed by atoms with Gasteiger partial charge in [0.1, 0.15) is 0 Å². The Balaban J connectivity index is 0.00000121. The molecule has 1 amide bonds. The number of hydrogen-bond acceptors (Lipinski definition) is 4. The van der Waals surface area contributed by atoms with Crippen molar-refractivity contribution in [2.45, 2.75) is 26.7 Å². The smallest absolute Gasteiger partial charge is 0.306 e. The molecule has 0 aromatic heterocycles. The van der Waals surface area contributed by atoms with E-state index >= 15 is 0 Å². The fraction of sp³-hybridized carbons (Fsp3) is 0.833. The lowest BCUT2D eigenvalue weighted by molar-refractivity contribution is -0.144. The molecule has 0 bridgehead atoms. The molecule has 0 saturated carbocycles. The number of carbonyl (C=O) groups excluding carboxylic acids is 2. The quantitative estimate of drug-likeness (QED) is 0.687. The van der Waals surface area contributed by atoms with E-state index in [1.54, 1.807) is 0 Å². The van der Waals surface area contributed by atoms with Crippen molar-refractivity contribution in [3.8, 4) is 0 Å². The molecule has 100 valence electrons. The number of ether oxygens (including phenoxy) is 1. The van der Waals surface area contributed by atoms with E-state index in [0.717, 1.165) is 26.2 Å². The van der Waals surface area contributed by atoms with Crippen LogP contribution >= 0.6 is 0 Å². The minimum absolute atomic E-state index is 0.0495. The average molecular weight is 244 g/mol. The third kappa shape index (κ3) is 6.26. The summed E-state index contributed by atoms with van der Waals surface area (Å²) in [7, 11) is 3.37. The fourth-order valence-corrected chi connectivity index (χ4v) is 1.53. The van der Waals surface area contributed by atoms with Gasteiger partial charge in [0.2, 0.25) is 5.91 Å². The van der Waals surface area contributed by atoms with Gasteiger partial charge in [-0.05, 0) is 7.05 Å². The van der Waals surface area contributed by atoms with Gasteiger partial charge in [-0.1, -0.05) is 13.8 Å². The predicted molar refractivity (Wildman–Crippen MR) is 66.7 cm³/mol. The number of rotatable bonds is 3. The van der Waals surface area contributed by atoms with E-state index in [2.05, 4.69) is 9.64 Å². The van der Waals surface area contributed by atoms with Crippen LogP contribution < -0.4 is 0 Å². The largest absolute Gasteiger partial charge is 0.469 e. The lowest BCUT2D eigenvalue weighted by atomic mass is 10.2. The van der Waals surface area contributed by atoms with Gasteiger partial charge in [-0.15, -0.1) is 0 Å². The molecular formula is C12H24N2O3. The number of esters is 1. The Morgan fingerprint density at radius 2 is 1.59 bits per heavy atom. The lowest BCUT2D eigenvalue weighted by Crippen LogP contribution is -2.47. The highest BCUT2D eigenvalue weighted by atomic mass is 16.5. The number of amides is 1. The van der Waals surface area contributed by atoms with Gasteiger partial charge in [-0.3, -0.25) is 9.59 Å². The van der Waals surface area contributed by atoms with E-state index in [4.69, 9.17) is 0 Å². The van der Waals surface area contributed by atoms with Crippen molar-refractivity contribution in [3.05, 3.63) is 0 Å². The van der Waals surface area contributed by atoms with Crippen LogP contribution in [-0.2, 0) is 14.3 Å². The van der Waals surface area contributed by atoms with Crippen LogP contribution in [0.4, 0.5) is 0 Å². The number of likely N-dealkylation sites (N-methyl/N-ethyl adjacent to an activating group) is 1. The van der Waals surface area contributed by atoms with Gasteiger partial charge in [0, 0.05) is 32.6 Å². The molecule has 0 atom stereocenters. The maximum absolute atomic E-state index is 11.6. The molecule has 0 spiro atoms. The Hall–Kier alpha value is -1.10. The van der Waals surface area contributed by atoms with Crippen LogP contribution in [0.2, 0.25) is 0 Å². The molecular weight excluding hydrogens is 220 g/mol. The number of piperazine rings is 1. The first-order valence-corrected chi connectivity index (χ1v) is 6.16. The minimum atomic E-state index is -0.322. The molecule has 17 heavy (non-hydrogen) atoms. The molecule has 0 aromatic rings. The van der Waals surface area contributed by atoms with Crippen molar-refractivity contribution < 1.29 is 14.3 Å². The van der Waals surface area contributed by atoms with Crippen molar-refractivity contribution in [2.75, 3.05) is 40.3 Å². The summed E-state index contributed by atoms with van der Waals surface area (Å²) in [4.78, 5) is 26.5. The third-order valence-electron chi connectivity index (χ3n) is 2.63. The summed E-state index contributed by atoms with van der Waals surface area (Å²) in [5.41, 5.74) is 0. The minimum Gasteiger partial charge on any atom is -0.469 e. The summed E-state index contributed by atoms with van der Waals surface area (Å²) in [5.74, 6) is -0.272. The Labute approximate surface area is 104 Å². The molecule has 5 nitrogen and oxygen atoms in total. The molecule has 1 fully saturated rings. The molecule has 0 N–H and O–H groups in total. The summed E-state index contributed by atoms with van der Waals surface area (Å²) >= 11 is 0. The Kier molecular flexibility index (Phi) is 8.40. The van der Waals surface area contributed by atoms with Crippen molar-refractivity contribution in [1.82, 2.24) is 9.80 Å². The zero-order valence-corrected chi connectivity index (χ0v) is 11.4. The van der Waals surface area contributed by atoms with Crippen molar-refractivity contribution in [3.63, 3.8) is 0 Å². The first-order valence-electron chi connectivity index (χ1n) is 6.16. The van der Waals surface area contributed by atoms with Crippen LogP contribution in [0, 0.1) is 0 Å². The molecule has 5 heteroatoms. The van der Waals surface area contributed by atoms with E-state index in [-0.39, 0.29) is 24.7 Å². The van der Waals surface area contributed by atoms with Crippen molar-refractivity contribution in [1.29, 1.82) is 0 Å². The molecule has 1 aliphatic rings. The van der Waals surface area contributed by atoms with Gasteiger partial charge in [-0.2, -0.15) is 0 Å². The normalized spacial score (nSPS) is 15.9. The third-order valence-corrected chi connectivity index (χ3v) is 2.63. The maximum atomic E-state index is 11.6. The molecule has 1 aliphatic heterocycles. The zero-order chi connectivity index (χ0) is 13.3.